The van der Waals surface area contributed by atoms with E-state index in [4.69, 9.17) is 5.73 Å². The predicted octanol–water partition coefficient (Wildman–Crippen LogP) is 0.387. The van der Waals surface area contributed by atoms with Crippen LogP contribution in [-0.2, 0) is 0 Å². The molecule has 3 N–H and O–H groups in total. The summed E-state index contributed by atoms with van der Waals surface area (Å²) in [4.78, 5) is 12.6. The van der Waals surface area contributed by atoms with E-state index in [-0.39, 0.29) is 6.03 Å². The maximum atomic E-state index is 11.0. The number of rotatable bonds is 5. The minimum Gasteiger partial charge on any atom is -0.341 e. The summed E-state index contributed by atoms with van der Waals surface area (Å²) >= 11 is 0. The number of carbonyl (C=O) groups is 1. The highest BCUT2D eigenvalue weighted by Crippen LogP contribution is 1.95. The summed E-state index contributed by atoms with van der Waals surface area (Å²) in [6, 6.07) is -0.0252. The fraction of sp³-hybridized carbons (Fsp3) is 0.875. The average Bonchev–Trinajstić information content (AvgIpc) is 2.10. The van der Waals surface area contributed by atoms with Gasteiger partial charge in [-0.2, -0.15) is 0 Å². The number of nitrogens with two attached hydrogens (primary N) is 1. The van der Waals surface area contributed by atoms with Crippen LogP contribution in [-0.4, -0.2) is 38.1 Å². The van der Waals surface area contributed by atoms with Gasteiger partial charge in [0, 0.05) is 20.6 Å². The van der Waals surface area contributed by atoms with Gasteiger partial charge in [0.25, 0.3) is 0 Å². The monoisotopic (exact) mass is 173 g/mol. The lowest BCUT2D eigenvalue weighted by Gasteiger charge is -2.15. The van der Waals surface area contributed by atoms with Gasteiger partial charge in [-0.15, -0.1) is 0 Å². The van der Waals surface area contributed by atoms with Crippen molar-refractivity contribution in [2.75, 3.05) is 27.2 Å². The summed E-state index contributed by atoms with van der Waals surface area (Å²) in [5.74, 6) is 0. The quantitative estimate of drug-likeness (QED) is 0.591. The molecule has 0 fully saturated rings. The van der Waals surface area contributed by atoms with E-state index < -0.39 is 0 Å². The van der Waals surface area contributed by atoms with Gasteiger partial charge in [0.1, 0.15) is 0 Å². The summed E-state index contributed by atoms with van der Waals surface area (Å²) in [7, 11) is 3.43. The molecule has 0 aromatic carbocycles. The van der Waals surface area contributed by atoms with Crippen LogP contribution >= 0.6 is 0 Å². The third kappa shape index (κ3) is 4.96. The summed E-state index contributed by atoms with van der Waals surface area (Å²) in [5, 5.41) is 2.57. The van der Waals surface area contributed by atoms with E-state index in [0.29, 0.717) is 0 Å². The van der Waals surface area contributed by atoms with Crippen molar-refractivity contribution in [1.29, 1.82) is 0 Å². The standard InChI is InChI=1S/C8H19N3O/c1-10-8(12)11(2)7-5-3-4-6-9/h3-7,9H2,1-2H3,(H,10,12). The van der Waals surface area contributed by atoms with Crippen molar-refractivity contribution in [3.63, 3.8) is 0 Å². The highest BCUT2D eigenvalue weighted by Gasteiger charge is 2.03. The van der Waals surface area contributed by atoms with Crippen molar-refractivity contribution in [2.24, 2.45) is 5.73 Å². The maximum absolute atomic E-state index is 11.0. The Balaban J connectivity index is 3.31. The first-order chi connectivity index (χ1) is 5.72. The highest BCUT2D eigenvalue weighted by atomic mass is 16.2. The van der Waals surface area contributed by atoms with Crippen LogP contribution in [0.4, 0.5) is 4.79 Å². The van der Waals surface area contributed by atoms with Crippen LogP contribution in [0.25, 0.3) is 0 Å². The molecule has 0 aliphatic carbocycles. The molecule has 2 amide bonds. The Labute approximate surface area is 74.1 Å². The zero-order chi connectivity index (χ0) is 9.40. The number of urea groups is 1. The third-order valence-corrected chi connectivity index (χ3v) is 1.76. The Kier molecular flexibility index (Phi) is 6.47. The van der Waals surface area contributed by atoms with Gasteiger partial charge in [-0.3, -0.25) is 0 Å². The first-order valence-corrected chi connectivity index (χ1v) is 4.35. The van der Waals surface area contributed by atoms with Crippen molar-refractivity contribution in [3.05, 3.63) is 0 Å². The van der Waals surface area contributed by atoms with Gasteiger partial charge in [-0.05, 0) is 19.4 Å². The summed E-state index contributed by atoms with van der Waals surface area (Å²) < 4.78 is 0. The summed E-state index contributed by atoms with van der Waals surface area (Å²) in [6.45, 7) is 1.55. The van der Waals surface area contributed by atoms with Crippen molar-refractivity contribution in [3.8, 4) is 0 Å². The lowest BCUT2D eigenvalue weighted by Crippen LogP contribution is -2.35. The molecule has 0 radical (unpaired) electrons. The molecule has 0 aliphatic rings. The van der Waals surface area contributed by atoms with Gasteiger partial charge in [-0.25, -0.2) is 4.79 Å². The Morgan fingerprint density at radius 2 is 2.08 bits per heavy atom. The van der Waals surface area contributed by atoms with E-state index in [0.717, 1.165) is 32.4 Å². The van der Waals surface area contributed by atoms with Gasteiger partial charge in [0.2, 0.25) is 0 Å². The number of amides is 2. The molecule has 0 saturated heterocycles. The molecular formula is C8H19N3O. The number of nitrogens with one attached hydrogen (secondary N) is 1. The van der Waals surface area contributed by atoms with Crippen LogP contribution in [0.5, 0.6) is 0 Å². The minimum absolute atomic E-state index is 0.0252. The van der Waals surface area contributed by atoms with E-state index in [2.05, 4.69) is 5.32 Å². The van der Waals surface area contributed by atoms with Gasteiger partial charge in [-0.1, -0.05) is 6.42 Å². The number of nitrogens with zero attached hydrogens (tertiary/aromatic N) is 1. The molecule has 4 nitrogen and oxygen atoms in total. The van der Waals surface area contributed by atoms with Crippen LogP contribution < -0.4 is 11.1 Å². The van der Waals surface area contributed by atoms with Crippen molar-refractivity contribution >= 4 is 6.03 Å². The van der Waals surface area contributed by atoms with Crippen LogP contribution in [0.15, 0.2) is 0 Å². The second kappa shape index (κ2) is 6.91. The molecule has 12 heavy (non-hydrogen) atoms. The molecule has 0 aromatic heterocycles. The van der Waals surface area contributed by atoms with Gasteiger partial charge in [0.05, 0.1) is 0 Å². The van der Waals surface area contributed by atoms with Gasteiger partial charge in [0.15, 0.2) is 0 Å². The van der Waals surface area contributed by atoms with Crippen LogP contribution in [0.3, 0.4) is 0 Å². The third-order valence-electron chi connectivity index (χ3n) is 1.76. The van der Waals surface area contributed by atoms with Crippen molar-refractivity contribution in [2.45, 2.75) is 19.3 Å². The second-order valence-corrected chi connectivity index (χ2v) is 2.83. The number of carbonyl (C=O) groups excluding carboxylic acids is 1. The number of hydrogen-bond donors (Lipinski definition) is 2. The molecular weight excluding hydrogens is 154 g/mol. The van der Waals surface area contributed by atoms with Crippen LogP contribution in [0, 0.1) is 0 Å². The molecule has 4 heteroatoms. The number of unbranched alkanes of at least 4 members (excludes halogenated alkanes) is 2. The average molecular weight is 173 g/mol. The molecule has 0 saturated carbocycles. The molecule has 0 bridgehead atoms. The van der Waals surface area contributed by atoms with Crippen molar-refractivity contribution in [1.82, 2.24) is 10.2 Å². The maximum Gasteiger partial charge on any atom is 0.316 e. The number of hydrogen-bond acceptors (Lipinski definition) is 2. The largest absolute Gasteiger partial charge is 0.341 e. The summed E-state index contributed by atoms with van der Waals surface area (Å²) in [5.41, 5.74) is 5.34. The highest BCUT2D eigenvalue weighted by molar-refractivity contribution is 5.73. The molecule has 0 spiro atoms. The predicted molar refractivity (Wildman–Crippen MR) is 50.0 cm³/mol. The topological polar surface area (TPSA) is 58.4 Å². The zero-order valence-electron chi connectivity index (χ0n) is 7.97. The molecule has 0 aromatic rings. The lowest BCUT2D eigenvalue weighted by molar-refractivity contribution is 0.210. The normalized spacial score (nSPS) is 9.58. The molecule has 0 aliphatic heterocycles. The van der Waals surface area contributed by atoms with Gasteiger partial charge < -0.3 is 16.0 Å². The lowest BCUT2D eigenvalue weighted by atomic mass is 10.2. The van der Waals surface area contributed by atoms with E-state index in [1.165, 1.54) is 0 Å². The smallest absolute Gasteiger partial charge is 0.316 e. The zero-order valence-corrected chi connectivity index (χ0v) is 7.97. The summed E-state index contributed by atoms with van der Waals surface area (Å²) in [6.07, 6.45) is 3.17. The molecule has 0 rings (SSSR count). The SMILES string of the molecule is CNC(=O)N(C)CCCCCN. The molecule has 72 valence electrons. The second-order valence-electron chi connectivity index (χ2n) is 2.83. The van der Waals surface area contributed by atoms with E-state index in [9.17, 15) is 4.79 Å². The molecule has 0 atom stereocenters. The Bertz CT molecular complexity index is 127. The van der Waals surface area contributed by atoms with Crippen LogP contribution in [0.2, 0.25) is 0 Å². The first-order valence-electron chi connectivity index (χ1n) is 4.35. The van der Waals surface area contributed by atoms with Gasteiger partial charge >= 0.3 is 6.03 Å². The van der Waals surface area contributed by atoms with E-state index in [1.807, 2.05) is 0 Å². The first kappa shape index (κ1) is 11.2. The van der Waals surface area contributed by atoms with Crippen molar-refractivity contribution < 1.29 is 4.79 Å². The Morgan fingerprint density at radius 1 is 1.42 bits per heavy atom. The van der Waals surface area contributed by atoms with E-state index in [1.54, 1.807) is 19.0 Å². The molecule has 0 unspecified atom stereocenters. The fourth-order valence-corrected chi connectivity index (χ4v) is 0.962. The van der Waals surface area contributed by atoms with E-state index >= 15 is 0 Å². The Hall–Kier alpha value is -0.770. The molecule has 0 heterocycles. The minimum atomic E-state index is -0.0252. The fourth-order valence-electron chi connectivity index (χ4n) is 0.962. The van der Waals surface area contributed by atoms with Crippen LogP contribution in [0.1, 0.15) is 19.3 Å². The Morgan fingerprint density at radius 3 is 2.58 bits per heavy atom.